The van der Waals surface area contributed by atoms with E-state index in [-0.39, 0.29) is 0 Å². The van der Waals surface area contributed by atoms with Crippen molar-refractivity contribution in [3.8, 4) is 11.5 Å². The van der Waals surface area contributed by atoms with Gasteiger partial charge in [-0.3, -0.25) is 4.79 Å². The van der Waals surface area contributed by atoms with E-state index in [1.165, 1.54) is 13.0 Å². The van der Waals surface area contributed by atoms with Gasteiger partial charge in [0.05, 0.1) is 13.2 Å². The third-order valence-corrected chi connectivity index (χ3v) is 3.89. The maximum absolute atomic E-state index is 12.1. The number of nitrogens with one attached hydrogen (secondary N) is 1. The summed E-state index contributed by atoms with van der Waals surface area (Å²) in [5.74, 6) is 0.355. The van der Waals surface area contributed by atoms with Crippen LogP contribution in [0, 0.1) is 0 Å². The highest BCUT2D eigenvalue weighted by Gasteiger charge is 2.16. The molecule has 1 amide bonds. The molecule has 1 aliphatic rings. The topological polar surface area (TPSA) is 73.9 Å². The van der Waals surface area contributed by atoms with Crippen molar-refractivity contribution >= 4 is 23.6 Å². The molecule has 0 fully saturated rings. The number of anilines is 1. The van der Waals surface area contributed by atoms with Crippen molar-refractivity contribution in [2.24, 2.45) is 0 Å². The first-order valence-corrected chi connectivity index (χ1v) is 8.76. The first-order valence-electron chi connectivity index (χ1n) is 8.76. The van der Waals surface area contributed by atoms with E-state index >= 15 is 0 Å². The highest BCUT2D eigenvalue weighted by atomic mass is 16.5. The van der Waals surface area contributed by atoms with E-state index in [4.69, 9.17) is 14.2 Å². The minimum atomic E-state index is -0.911. The number of rotatable bonds is 5. The predicted molar refractivity (Wildman–Crippen MR) is 102 cm³/mol. The van der Waals surface area contributed by atoms with Crippen LogP contribution in [0.15, 0.2) is 54.6 Å². The van der Waals surface area contributed by atoms with Gasteiger partial charge in [0.25, 0.3) is 5.91 Å². The highest BCUT2D eigenvalue weighted by Crippen LogP contribution is 2.30. The number of ether oxygens (including phenoxy) is 3. The minimum Gasteiger partial charge on any atom is -0.490 e. The van der Waals surface area contributed by atoms with Gasteiger partial charge in [0.1, 0.15) is 0 Å². The molecule has 0 radical (unpaired) electrons. The van der Waals surface area contributed by atoms with Gasteiger partial charge in [-0.1, -0.05) is 24.3 Å². The lowest BCUT2D eigenvalue weighted by Crippen LogP contribution is -2.29. The Morgan fingerprint density at radius 2 is 1.81 bits per heavy atom. The van der Waals surface area contributed by atoms with Gasteiger partial charge in [-0.2, -0.15) is 0 Å². The Bertz CT molecular complexity index is 832. The van der Waals surface area contributed by atoms with E-state index in [9.17, 15) is 9.59 Å². The summed E-state index contributed by atoms with van der Waals surface area (Å²) in [6, 6.07) is 14.4. The normalized spacial score (nSPS) is 14.3. The summed E-state index contributed by atoms with van der Waals surface area (Å²) < 4.78 is 16.3. The number of esters is 1. The molecule has 0 unspecified atom stereocenters. The number of para-hydroxylation sites is 1. The van der Waals surface area contributed by atoms with Crippen LogP contribution in [0.25, 0.3) is 6.08 Å². The molecule has 1 aliphatic heterocycles. The molecule has 140 valence electrons. The summed E-state index contributed by atoms with van der Waals surface area (Å²) >= 11 is 0. The standard InChI is InChI=1S/C21H21NO5/c1-15(21(24)22-17-6-3-2-4-7-17)27-20(23)11-9-16-8-10-18-19(14-16)26-13-5-12-25-18/h2-4,6-11,14-15H,5,12-13H2,1H3,(H,22,24)/b11-9+/t15-/m1/s1. The summed E-state index contributed by atoms with van der Waals surface area (Å²) in [5, 5.41) is 2.69. The van der Waals surface area contributed by atoms with Crippen LogP contribution in [0.3, 0.4) is 0 Å². The Morgan fingerprint density at radius 1 is 1.07 bits per heavy atom. The Labute approximate surface area is 157 Å². The molecule has 0 spiro atoms. The number of benzene rings is 2. The first kappa shape index (κ1) is 18.5. The first-order chi connectivity index (χ1) is 13.1. The molecule has 2 aromatic rings. The number of fused-ring (bicyclic) bond motifs is 1. The van der Waals surface area contributed by atoms with Crippen LogP contribution in [0.1, 0.15) is 18.9 Å². The lowest BCUT2D eigenvalue weighted by Gasteiger charge is -2.12. The Kier molecular flexibility index (Phi) is 6.10. The van der Waals surface area contributed by atoms with E-state index < -0.39 is 18.0 Å². The molecule has 1 N–H and O–H groups in total. The molecule has 27 heavy (non-hydrogen) atoms. The average Bonchev–Trinajstić information content (AvgIpc) is 2.92. The zero-order valence-electron chi connectivity index (χ0n) is 15.0. The van der Waals surface area contributed by atoms with E-state index in [0.29, 0.717) is 30.4 Å². The fraction of sp³-hybridized carbons (Fsp3) is 0.238. The maximum Gasteiger partial charge on any atom is 0.331 e. The average molecular weight is 367 g/mol. The fourth-order valence-electron chi connectivity index (χ4n) is 2.48. The van der Waals surface area contributed by atoms with Crippen LogP contribution >= 0.6 is 0 Å². The molecule has 6 nitrogen and oxygen atoms in total. The van der Waals surface area contributed by atoms with Gasteiger partial charge < -0.3 is 19.5 Å². The van der Waals surface area contributed by atoms with Crippen LogP contribution in [-0.4, -0.2) is 31.2 Å². The summed E-state index contributed by atoms with van der Waals surface area (Å²) in [6.45, 7) is 2.74. The van der Waals surface area contributed by atoms with Crippen molar-refractivity contribution in [1.29, 1.82) is 0 Å². The van der Waals surface area contributed by atoms with Crippen LogP contribution in [0.2, 0.25) is 0 Å². The molecule has 0 aliphatic carbocycles. The quantitative estimate of drug-likeness (QED) is 0.647. The van der Waals surface area contributed by atoms with Crippen molar-refractivity contribution in [2.75, 3.05) is 18.5 Å². The molecule has 0 saturated carbocycles. The molecule has 6 heteroatoms. The van der Waals surface area contributed by atoms with Gasteiger partial charge in [-0.25, -0.2) is 4.79 Å². The largest absolute Gasteiger partial charge is 0.490 e. The minimum absolute atomic E-state index is 0.390. The van der Waals surface area contributed by atoms with Crippen molar-refractivity contribution in [1.82, 2.24) is 0 Å². The van der Waals surface area contributed by atoms with E-state index in [1.54, 1.807) is 24.3 Å². The fourth-order valence-corrected chi connectivity index (χ4v) is 2.48. The zero-order valence-corrected chi connectivity index (χ0v) is 15.0. The number of hydrogen-bond acceptors (Lipinski definition) is 5. The molecule has 0 saturated heterocycles. The van der Waals surface area contributed by atoms with Crippen LogP contribution in [0.4, 0.5) is 5.69 Å². The molecule has 3 rings (SSSR count). The highest BCUT2D eigenvalue weighted by molar-refractivity contribution is 5.96. The van der Waals surface area contributed by atoms with Gasteiger partial charge in [0.2, 0.25) is 0 Å². The van der Waals surface area contributed by atoms with Crippen LogP contribution < -0.4 is 14.8 Å². The van der Waals surface area contributed by atoms with Crippen LogP contribution in [-0.2, 0) is 14.3 Å². The molecule has 1 heterocycles. The second-order valence-electron chi connectivity index (χ2n) is 6.02. The van der Waals surface area contributed by atoms with Crippen molar-refractivity contribution < 1.29 is 23.8 Å². The molecule has 0 aromatic heterocycles. The SMILES string of the molecule is C[C@@H](OC(=O)/C=C/c1ccc2c(c1)OCCCO2)C(=O)Nc1ccccc1. The van der Waals surface area contributed by atoms with E-state index in [2.05, 4.69) is 5.32 Å². The smallest absolute Gasteiger partial charge is 0.331 e. The maximum atomic E-state index is 12.1. The zero-order chi connectivity index (χ0) is 19.1. The Hall–Kier alpha value is -3.28. The summed E-state index contributed by atoms with van der Waals surface area (Å²) in [4.78, 5) is 24.1. The van der Waals surface area contributed by atoms with Gasteiger partial charge in [0.15, 0.2) is 17.6 Å². The van der Waals surface area contributed by atoms with E-state index in [1.807, 2.05) is 30.3 Å². The molecule has 0 bridgehead atoms. The van der Waals surface area contributed by atoms with Crippen molar-refractivity contribution in [3.05, 3.63) is 60.2 Å². The molecular formula is C21H21NO5. The second-order valence-corrected chi connectivity index (χ2v) is 6.02. The van der Waals surface area contributed by atoms with E-state index in [0.717, 1.165) is 12.0 Å². The number of amides is 1. The van der Waals surface area contributed by atoms with Gasteiger partial charge >= 0.3 is 5.97 Å². The Morgan fingerprint density at radius 3 is 2.59 bits per heavy atom. The lowest BCUT2D eigenvalue weighted by molar-refractivity contribution is -0.148. The Balaban J connectivity index is 1.55. The van der Waals surface area contributed by atoms with Crippen LogP contribution in [0.5, 0.6) is 11.5 Å². The van der Waals surface area contributed by atoms with Gasteiger partial charge in [0, 0.05) is 18.2 Å². The number of hydrogen-bond donors (Lipinski definition) is 1. The predicted octanol–water partition coefficient (Wildman–Crippen LogP) is 3.43. The molecular weight excluding hydrogens is 346 g/mol. The lowest BCUT2D eigenvalue weighted by atomic mass is 10.2. The summed E-state index contributed by atoms with van der Waals surface area (Å²) in [7, 11) is 0. The summed E-state index contributed by atoms with van der Waals surface area (Å²) in [5.41, 5.74) is 1.42. The van der Waals surface area contributed by atoms with Gasteiger partial charge in [-0.05, 0) is 42.8 Å². The second kappa shape index (κ2) is 8.89. The monoisotopic (exact) mass is 367 g/mol. The van der Waals surface area contributed by atoms with Crippen molar-refractivity contribution in [2.45, 2.75) is 19.4 Å². The van der Waals surface area contributed by atoms with Gasteiger partial charge in [-0.15, -0.1) is 0 Å². The molecule has 1 atom stereocenters. The molecule has 2 aromatic carbocycles. The number of carbonyl (C=O) groups is 2. The summed E-state index contributed by atoms with van der Waals surface area (Å²) in [6.07, 6.45) is 2.81. The third kappa shape index (κ3) is 5.34. The third-order valence-electron chi connectivity index (χ3n) is 3.89. The van der Waals surface area contributed by atoms with Crippen molar-refractivity contribution in [3.63, 3.8) is 0 Å². The number of carbonyl (C=O) groups excluding carboxylic acids is 2.